The second-order valence-corrected chi connectivity index (χ2v) is 7.66. The first-order valence-corrected chi connectivity index (χ1v) is 9.84. The number of carbonyl (C=O) groups excluding carboxylic acids is 1. The molecule has 0 saturated heterocycles. The summed E-state index contributed by atoms with van der Waals surface area (Å²) in [6, 6.07) is 10.9. The molecule has 154 valence electrons. The number of hydrogen-bond acceptors (Lipinski definition) is 7. The Bertz CT molecular complexity index is 1230. The number of methoxy groups -OCH3 is 1. The first-order chi connectivity index (χ1) is 14.4. The van der Waals surface area contributed by atoms with Gasteiger partial charge in [-0.3, -0.25) is 5.32 Å². The fraction of sp³-hybridized carbons (Fsp3) is 0.190. The minimum atomic E-state index is -0.678. The highest BCUT2D eigenvalue weighted by atomic mass is 35.5. The van der Waals surface area contributed by atoms with Crippen molar-refractivity contribution in [1.29, 1.82) is 0 Å². The molecule has 9 heteroatoms. The van der Waals surface area contributed by atoms with Crippen molar-refractivity contribution >= 4 is 52.2 Å². The summed E-state index contributed by atoms with van der Waals surface area (Å²) >= 11 is 12.6. The topological polar surface area (TPSA) is 90.4 Å². The van der Waals surface area contributed by atoms with Gasteiger partial charge < -0.3 is 13.7 Å². The number of benzene rings is 2. The van der Waals surface area contributed by atoms with E-state index in [1.54, 1.807) is 18.2 Å². The number of carbonyl (C=O) groups is 1. The maximum absolute atomic E-state index is 12.5. The molecule has 7 nitrogen and oxygen atoms in total. The minimum absolute atomic E-state index is 0.00322. The van der Waals surface area contributed by atoms with Crippen LogP contribution in [0.15, 0.2) is 45.3 Å². The van der Waals surface area contributed by atoms with Crippen LogP contribution >= 0.6 is 23.2 Å². The highest BCUT2D eigenvalue weighted by Crippen LogP contribution is 2.39. The summed E-state index contributed by atoms with van der Waals surface area (Å²) in [5.74, 6) is -0.322. The zero-order chi connectivity index (χ0) is 21.4. The Morgan fingerprint density at radius 2 is 1.90 bits per heavy atom. The van der Waals surface area contributed by atoms with Crippen molar-refractivity contribution in [2.45, 2.75) is 19.8 Å². The summed E-state index contributed by atoms with van der Waals surface area (Å²) in [5, 5.41) is 7.48. The third-order valence-electron chi connectivity index (χ3n) is 4.58. The molecule has 0 fully saturated rings. The van der Waals surface area contributed by atoms with E-state index in [1.807, 2.05) is 18.2 Å². The zero-order valence-electron chi connectivity index (χ0n) is 16.3. The number of esters is 1. The largest absolute Gasteiger partial charge is 0.465 e. The van der Waals surface area contributed by atoms with Gasteiger partial charge in [0.05, 0.1) is 17.2 Å². The van der Waals surface area contributed by atoms with Gasteiger partial charge in [0, 0.05) is 5.56 Å². The smallest absolute Gasteiger partial charge is 0.345 e. The van der Waals surface area contributed by atoms with Crippen molar-refractivity contribution in [1.82, 2.24) is 10.1 Å². The fourth-order valence-electron chi connectivity index (χ4n) is 3.02. The van der Waals surface area contributed by atoms with Gasteiger partial charge in [-0.05, 0) is 35.7 Å². The van der Waals surface area contributed by atoms with Gasteiger partial charge >= 0.3 is 12.0 Å². The van der Waals surface area contributed by atoms with E-state index < -0.39 is 5.97 Å². The van der Waals surface area contributed by atoms with E-state index in [1.165, 1.54) is 7.11 Å². The van der Waals surface area contributed by atoms with Crippen LogP contribution in [0.25, 0.3) is 22.4 Å². The van der Waals surface area contributed by atoms with Gasteiger partial charge in [0.2, 0.25) is 5.88 Å². The number of ether oxygens (including phenoxy) is 1. The lowest BCUT2D eigenvalue weighted by atomic mass is 10.0. The Morgan fingerprint density at radius 1 is 1.17 bits per heavy atom. The van der Waals surface area contributed by atoms with E-state index in [0.717, 1.165) is 5.56 Å². The molecule has 0 spiro atoms. The molecule has 1 N–H and O–H groups in total. The normalized spacial score (nSPS) is 11.3. The molecule has 30 heavy (non-hydrogen) atoms. The number of nitrogens with one attached hydrogen (secondary N) is 1. The molecule has 4 rings (SSSR count). The lowest BCUT2D eigenvalue weighted by Gasteiger charge is -2.06. The number of anilines is 2. The van der Waals surface area contributed by atoms with Gasteiger partial charge in [0.1, 0.15) is 11.2 Å². The van der Waals surface area contributed by atoms with Crippen molar-refractivity contribution in [2.24, 2.45) is 0 Å². The lowest BCUT2D eigenvalue weighted by molar-refractivity contribution is 0.0602. The second kappa shape index (κ2) is 8.01. The molecule has 0 saturated carbocycles. The van der Waals surface area contributed by atoms with Crippen LogP contribution in [0.5, 0.6) is 0 Å². The van der Waals surface area contributed by atoms with E-state index in [4.69, 9.17) is 36.9 Å². The molecular formula is C21H17Cl2N3O4. The number of oxazole rings is 1. The molecule has 2 aromatic carbocycles. The number of hydrogen-bond donors (Lipinski definition) is 1. The Hall–Kier alpha value is -3.03. The Morgan fingerprint density at radius 3 is 2.57 bits per heavy atom. The maximum atomic E-state index is 12.5. The number of nitrogens with zero attached hydrogens (tertiary/aromatic N) is 2. The summed E-state index contributed by atoms with van der Waals surface area (Å²) in [6.07, 6.45) is 0. The molecular weight excluding hydrogens is 429 g/mol. The predicted molar refractivity (Wildman–Crippen MR) is 115 cm³/mol. The van der Waals surface area contributed by atoms with Gasteiger partial charge in [0.25, 0.3) is 0 Å². The summed E-state index contributed by atoms with van der Waals surface area (Å²) < 4.78 is 16.0. The monoisotopic (exact) mass is 445 g/mol. The lowest BCUT2D eigenvalue weighted by Crippen LogP contribution is -2.05. The van der Waals surface area contributed by atoms with Crippen LogP contribution in [0.1, 0.15) is 35.7 Å². The summed E-state index contributed by atoms with van der Waals surface area (Å²) in [6.45, 7) is 4.19. The Labute approximate surface area is 181 Å². The van der Waals surface area contributed by atoms with Crippen LogP contribution in [0.3, 0.4) is 0 Å². The highest BCUT2D eigenvalue weighted by molar-refractivity contribution is 6.39. The summed E-state index contributed by atoms with van der Waals surface area (Å²) in [4.78, 5) is 16.9. The number of halogens is 2. The quantitative estimate of drug-likeness (QED) is 0.353. The van der Waals surface area contributed by atoms with Gasteiger partial charge in [-0.2, -0.15) is 4.98 Å². The first-order valence-electron chi connectivity index (χ1n) is 9.09. The first kappa shape index (κ1) is 20.3. The molecule has 0 atom stereocenters. The molecule has 0 unspecified atom stereocenters. The van der Waals surface area contributed by atoms with Crippen molar-refractivity contribution in [3.8, 4) is 11.3 Å². The fourth-order valence-corrected chi connectivity index (χ4v) is 3.59. The molecule has 0 aliphatic heterocycles. The summed E-state index contributed by atoms with van der Waals surface area (Å²) in [5.41, 5.74) is 2.94. The van der Waals surface area contributed by atoms with Crippen LogP contribution in [-0.2, 0) is 4.74 Å². The van der Waals surface area contributed by atoms with Gasteiger partial charge in [-0.15, -0.1) is 0 Å². The SMILES string of the molecule is COC(=O)c1c(-c2c(Cl)cccc2Cl)noc1Nc1nc2cc(C(C)C)ccc2o1. The van der Waals surface area contributed by atoms with E-state index in [-0.39, 0.29) is 23.2 Å². The zero-order valence-corrected chi connectivity index (χ0v) is 17.8. The number of aromatic nitrogens is 2. The molecule has 0 aliphatic carbocycles. The highest BCUT2D eigenvalue weighted by Gasteiger charge is 2.28. The van der Waals surface area contributed by atoms with E-state index in [9.17, 15) is 4.79 Å². The number of fused-ring (bicyclic) bond motifs is 1. The van der Waals surface area contributed by atoms with Crippen molar-refractivity contribution < 1.29 is 18.5 Å². The van der Waals surface area contributed by atoms with Crippen LogP contribution < -0.4 is 5.32 Å². The van der Waals surface area contributed by atoms with Crippen LogP contribution in [0, 0.1) is 0 Å². The van der Waals surface area contributed by atoms with Crippen molar-refractivity contribution in [2.75, 3.05) is 12.4 Å². The van der Waals surface area contributed by atoms with E-state index in [0.29, 0.717) is 32.6 Å². The van der Waals surface area contributed by atoms with Crippen LogP contribution in [0.4, 0.5) is 11.9 Å². The molecule has 0 amide bonds. The maximum Gasteiger partial charge on any atom is 0.345 e. The third kappa shape index (κ3) is 3.62. The average Bonchev–Trinajstić information content (AvgIpc) is 3.30. The molecule has 2 heterocycles. The molecule has 4 aromatic rings. The van der Waals surface area contributed by atoms with Gasteiger partial charge in [-0.25, -0.2) is 4.79 Å². The van der Waals surface area contributed by atoms with Gasteiger partial charge in [0.15, 0.2) is 11.1 Å². The van der Waals surface area contributed by atoms with E-state index in [2.05, 4.69) is 29.3 Å². The Kier molecular flexibility index (Phi) is 5.40. The molecule has 0 radical (unpaired) electrons. The Balaban J connectivity index is 1.77. The number of rotatable bonds is 5. The minimum Gasteiger partial charge on any atom is -0.465 e. The van der Waals surface area contributed by atoms with Crippen LogP contribution in [0.2, 0.25) is 10.0 Å². The third-order valence-corrected chi connectivity index (χ3v) is 5.21. The second-order valence-electron chi connectivity index (χ2n) is 6.85. The summed E-state index contributed by atoms with van der Waals surface area (Å²) in [7, 11) is 1.25. The van der Waals surface area contributed by atoms with E-state index >= 15 is 0 Å². The average molecular weight is 446 g/mol. The molecule has 0 bridgehead atoms. The van der Waals surface area contributed by atoms with Crippen LogP contribution in [-0.4, -0.2) is 23.2 Å². The molecule has 0 aliphatic rings. The van der Waals surface area contributed by atoms with Crippen molar-refractivity contribution in [3.05, 3.63) is 57.6 Å². The molecule has 2 aromatic heterocycles. The van der Waals surface area contributed by atoms with Crippen molar-refractivity contribution in [3.63, 3.8) is 0 Å². The van der Waals surface area contributed by atoms with Gasteiger partial charge in [-0.1, -0.05) is 54.3 Å². The predicted octanol–water partition coefficient (Wildman–Crippen LogP) is 6.44. The standard InChI is InChI=1S/C21H17Cl2N3O4/c1-10(2)11-7-8-15-14(9-11)24-21(29-15)25-19-17(20(27)28-3)18(26-30-19)16-12(22)5-4-6-13(16)23/h4-10H,1-3H3,(H,24,25).